The van der Waals surface area contributed by atoms with E-state index in [9.17, 15) is 0 Å². The van der Waals surface area contributed by atoms with Gasteiger partial charge in [-0.1, -0.05) is 30.3 Å². The van der Waals surface area contributed by atoms with E-state index in [1.54, 1.807) is 0 Å². The number of fused-ring (bicyclic) bond motifs is 4. The molecular weight excluding hydrogens is 318 g/mol. The highest BCUT2D eigenvalue weighted by molar-refractivity contribution is 5.78. The first-order valence-corrected chi connectivity index (χ1v) is 9.73. The van der Waals surface area contributed by atoms with Gasteiger partial charge < -0.3 is 4.90 Å². The van der Waals surface area contributed by atoms with Crippen molar-refractivity contribution in [2.45, 2.75) is 38.6 Å². The molecule has 3 aromatic rings. The zero-order valence-electron chi connectivity index (χ0n) is 15.5. The Labute approximate surface area is 156 Å². The van der Waals surface area contributed by atoms with Gasteiger partial charge in [0.15, 0.2) is 0 Å². The lowest BCUT2D eigenvalue weighted by Gasteiger charge is -2.45. The molecule has 3 aliphatic rings. The Morgan fingerprint density at radius 1 is 1.00 bits per heavy atom. The molecular formula is C23H27N3. The Bertz CT molecular complexity index is 838. The monoisotopic (exact) mass is 345 g/mol. The summed E-state index contributed by atoms with van der Waals surface area (Å²) < 4.78 is 0. The molecule has 1 aromatic carbocycles. The van der Waals surface area contributed by atoms with Crippen molar-refractivity contribution < 1.29 is 0 Å². The van der Waals surface area contributed by atoms with E-state index in [0.717, 1.165) is 23.2 Å². The van der Waals surface area contributed by atoms with E-state index < -0.39 is 0 Å². The van der Waals surface area contributed by atoms with Gasteiger partial charge in [-0.3, -0.25) is 9.97 Å². The van der Waals surface area contributed by atoms with E-state index in [2.05, 4.69) is 33.1 Å². The fraction of sp³-hybridized carbons (Fsp3) is 0.391. The summed E-state index contributed by atoms with van der Waals surface area (Å²) >= 11 is 0. The number of piperidine rings is 3. The summed E-state index contributed by atoms with van der Waals surface area (Å²) in [5, 5.41) is 1.21. The highest BCUT2D eigenvalue weighted by Crippen LogP contribution is 2.33. The molecule has 2 aromatic heterocycles. The van der Waals surface area contributed by atoms with Crippen molar-refractivity contribution in [3.63, 3.8) is 0 Å². The second kappa shape index (κ2) is 7.96. The molecule has 0 amide bonds. The van der Waals surface area contributed by atoms with Gasteiger partial charge in [0.2, 0.25) is 0 Å². The lowest BCUT2D eigenvalue weighted by Crippen LogP contribution is -2.49. The molecule has 3 saturated heterocycles. The van der Waals surface area contributed by atoms with Crippen molar-refractivity contribution in [1.82, 2.24) is 14.9 Å². The van der Waals surface area contributed by atoms with Gasteiger partial charge in [-0.05, 0) is 75.4 Å². The number of hydrogen-bond donors (Lipinski definition) is 0. The Hall–Kier alpha value is -2.26. The molecule has 1 atom stereocenters. The minimum absolute atomic E-state index is 0.793. The normalized spacial score (nSPS) is 24.1. The molecule has 26 heavy (non-hydrogen) atoms. The van der Waals surface area contributed by atoms with Crippen LogP contribution in [0.25, 0.3) is 10.9 Å². The summed E-state index contributed by atoms with van der Waals surface area (Å²) in [5.74, 6) is 1.01. The molecule has 0 saturated carbocycles. The maximum atomic E-state index is 4.38. The molecule has 2 bridgehead atoms. The van der Waals surface area contributed by atoms with Crippen molar-refractivity contribution in [3.05, 3.63) is 72.2 Å². The van der Waals surface area contributed by atoms with Crippen LogP contribution in [-0.4, -0.2) is 34.0 Å². The number of aryl methyl sites for hydroxylation is 1. The summed E-state index contributed by atoms with van der Waals surface area (Å²) in [6, 6.07) is 17.3. The van der Waals surface area contributed by atoms with E-state index in [4.69, 9.17) is 0 Å². The van der Waals surface area contributed by atoms with E-state index in [0.29, 0.717) is 0 Å². The predicted molar refractivity (Wildman–Crippen MR) is 107 cm³/mol. The van der Waals surface area contributed by atoms with Gasteiger partial charge >= 0.3 is 0 Å². The van der Waals surface area contributed by atoms with Crippen LogP contribution in [0.1, 0.15) is 30.5 Å². The molecule has 3 heteroatoms. The summed E-state index contributed by atoms with van der Waals surface area (Å²) in [6.07, 6.45) is 9.35. The first-order chi connectivity index (χ1) is 12.8. The SMILES string of the molecule is Cc1ccc2ccccc2n1.c1cncc(CC2CC3CCN2CC3)c1. The van der Waals surface area contributed by atoms with E-state index >= 15 is 0 Å². The first-order valence-electron chi connectivity index (χ1n) is 9.73. The molecule has 3 nitrogen and oxygen atoms in total. The van der Waals surface area contributed by atoms with Crippen LogP contribution in [0.2, 0.25) is 0 Å². The predicted octanol–water partition coefficient (Wildman–Crippen LogP) is 4.65. The van der Waals surface area contributed by atoms with Crippen LogP contribution < -0.4 is 0 Å². The molecule has 3 aliphatic heterocycles. The fourth-order valence-corrected chi connectivity index (χ4v) is 4.26. The third-order valence-corrected chi connectivity index (χ3v) is 5.70. The van der Waals surface area contributed by atoms with Crippen LogP contribution in [0, 0.1) is 12.8 Å². The Kier molecular flexibility index (Phi) is 5.26. The van der Waals surface area contributed by atoms with Crippen molar-refractivity contribution in [1.29, 1.82) is 0 Å². The van der Waals surface area contributed by atoms with Gasteiger partial charge in [-0.15, -0.1) is 0 Å². The third kappa shape index (κ3) is 4.10. The molecule has 0 radical (unpaired) electrons. The average molecular weight is 345 g/mol. The van der Waals surface area contributed by atoms with Crippen molar-refractivity contribution in [2.75, 3.05) is 13.1 Å². The largest absolute Gasteiger partial charge is 0.300 e. The number of nitrogens with zero attached hydrogens (tertiary/aromatic N) is 3. The third-order valence-electron chi connectivity index (χ3n) is 5.70. The molecule has 134 valence electrons. The van der Waals surface area contributed by atoms with Gasteiger partial charge in [0.1, 0.15) is 0 Å². The second-order valence-corrected chi connectivity index (χ2v) is 7.58. The Morgan fingerprint density at radius 2 is 1.85 bits per heavy atom. The number of aromatic nitrogens is 2. The smallest absolute Gasteiger partial charge is 0.0705 e. The Morgan fingerprint density at radius 3 is 2.58 bits per heavy atom. The molecule has 0 aliphatic carbocycles. The molecule has 5 heterocycles. The first kappa shape index (κ1) is 17.2. The molecule has 3 fully saturated rings. The fourth-order valence-electron chi connectivity index (χ4n) is 4.26. The van der Waals surface area contributed by atoms with Crippen LogP contribution >= 0.6 is 0 Å². The number of rotatable bonds is 2. The molecule has 6 rings (SSSR count). The highest BCUT2D eigenvalue weighted by Gasteiger charge is 2.33. The summed E-state index contributed by atoms with van der Waals surface area (Å²) in [7, 11) is 0. The maximum absolute atomic E-state index is 4.38. The van der Waals surface area contributed by atoms with Gasteiger partial charge in [0, 0.05) is 29.5 Å². The summed E-state index contributed by atoms with van der Waals surface area (Å²) in [4.78, 5) is 11.2. The summed E-state index contributed by atoms with van der Waals surface area (Å²) in [5.41, 5.74) is 3.55. The number of hydrogen-bond acceptors (Lipinski definition) is 3. The number of pyridine rings is 2. The van der Waals surface area contributed by atoms with Crippen LogP contribution in [0.5, 0.6) is 0 Å². The van der Waals surface area contributed by atoms with Crippen molar-refractivity contribution in [2.24, 2.45) is 5.92 Å². The number of benzene rings is 1. The van der Waals surface area contributed by atoms with E-state index in [1.165, 1.54) is 49.7 Å². The van der Waals surface area contributed by atoms with Gasteiger partial charge in [-0.25, -0.2) is 0 Å². The lowest BCUT2D eigenvalue weighted by molar-refractivity contribution is 0.0498. The zero-order chi connectivity index (χ0) is 17.8. The summed E-state index contributed by atoms with van der Waals surface area (Å²) in [6.45, 7) is 4.66. The molecule has 0 spiro atoms. The van der Waals surface area contributed by atoms with Crippen molar-refractivity contribution in [3.8, 4) is 0 Å². The van der Waals surface area contributed by atoms with E-state index in [1.807, 2.05) is 49.6 Å². The van der Waals surface area contributed by atoms with Crippen LogP contribution in [0.3, 0.4) is 0 Å². The topological polar surface area (TPSA) is 29.0 Å². The number of para-hydroxylation sites is 1. The zero-order valence-corrected chi connectivity index (χ0v) is 15.5. The van der Waals surface area contributed by atoms with Gasteiger partial charge in [-0.2, -0.15) is 0 Å². The lowest BCUT2D eigenvalue weighted by atomic mass is 9.81. The highest BCUT2D eigenvalue weighted by atomic mass is 15.2. The minimum atomic E-state index is 0.793. The second-order valence-electron chi connectivity index (χ2n) is 7.58. The maximum Gasteiger partial charge on any atom is 0.0705 e. The molecule has 0 N–H and O–H groups in total. The van der Waals surface area contributed by atoms with Crippen molar-refractivity contribution >= 4 is 10.9 Å². The average Bonchev–Trinajstić information content (AvgIpc) is 2.70. The van der Waals surface area contributed by atoms with Crippen LogP contribution in [0.15, 0.2) is 60.9 Å². The van der Waals surface area contributed by atoms with Crippen LogP contribution in [0.4, 0.5) is 0 Å². The van der Waals surface area contributed by atoms with Gasteiger partial charge in [0.25, 0.3) is 0 Å². The Balaban J connectivity index is 0.000000136. The van der Waals surface area contributed by atoms with E-state index in [-0.39, 0.29) is 0 Å². The standard InChI is InChI=1S/C13H18N2.C10H9N/c1-2-12(10-14-5-1)9-13-8-11-3-6-15(13)7-4-11;1-8-6-7-9-4-2-3-5-10(9)11-8/h1-2,5,10-11,13H,3-4,6-9H2;2-7H,1H3. The molecule has 1 unspecified atom stereocenters. The minimum Gasteiger partial charge on any atom is -0.300 e. The van der Waals surface area contributed by atoms with Gasteiger partial charge in [0.05, 0.1) is 5.52 Å². The quantitative estimate of drug-likeness (QED) is 0.677. The van der Waals surface area contributed by atoms with Crippen LogP contribution in [-0.2, 0) is 6.42 Å².